The van der Waals surface area contributed by atoms with E-state index in [0.717, 1.165) is 25.7 Å². The minimum absolute atomic E-state index is 0.0433. The van der Waals surface area contributed by atoms with E-state index in [9.17, 15) is 14.3 Å². The molecule has 1 aliphatic heterocycles. The van der Waals surface area contributed by atoms with Gasteiger partial charge in [0.15, 0.2) is 0 Å². The number of piperidine rings is 1. The molecule has 0 bridgehead atoms. The van der Waals surface area contributed by atoms with E-state index in [-0.39, 0.29) is 11.9 Å². The van der Waals surface area contributed by atoms with Gasteiger partial charge in [0.1, 0.15) is 11.4 Å². The lowest BCUT2D eigenvalue weighted by Crippen LogP contribution is -2.53. The highest BCUT2D eigenvalue weighted by Gasteiger charge is 2.40. The van der Waals surface area contributed by atoms with Gasteiger partial charge >= 0.3 is 6.09 Å². The molecule has 1 N–H and O–H groups in total. The zero-order chi connectivity index (χ0) is 18.6. The number of hydrogen-bond acceptors (Lipinski definition) is 3. The van der Waals surface area contributed by atoms with Crippen molar-refractivity contribution in [3.8, 4) is 0 Å². The molecule has 0 aliphatic carbocycles. The molecule has 1 aromatic rings. The largest absolute Gasteiger partial charge is 0.444 e. The summed E-state index contributed by atoms with van der Waals surface area (Å²) >= 11 is 0. The number of carbonyl (C=O) groups excluding carboxylic acids is 1. The number of hydrogen-bond donors (Lipinski definition) is 1. The van der Waals surface area contributed by atoms with Crippen molar-refractivity contribution in [2.45, 2.75) is 83.6 Å². The van der Waals surface area contributed by atoms with Gasteiger partial charge in [-0.1, -0.05) is 25.5 Å². The van der Waals surface area contributed by atoms with Crippen molar-refractivity contribution < 1.29 is 19.0 Å². The summed E-state index contributed by atoms with van der Waals surface area (Å²) in [6.07, 6.45) is 3.00. The predicted molar refractivity (Wildman–Crippen MR) is 95.8 cm³/mol. The molecule has 3 atom stereocenters. The molecule has 1 aromatic carbocycles. The summed E-state index contributed by atoms with van der Waals surface area (Å²) in [7, 11) is 0. The van der Waals surface area contributed by atoms with E-state index in [1.807, 2.05) is 20.8 Å². The van der Waals surface area contributed by atoms with E-state index in [1.54, 1.807) is 17.0 Å². The second-order valence-corrected chi connectivity index (χ2v) is 7.83. The van der Waals surface area contributed by atoms with Crippen LogP contribution in [0, 0.1) is 5.82 Å². The molecule has 0 radical (unpaired) electrons. The third kappa shape index (κ3) is 5.18. The highest BCUT2D eigenvalue weighted by atomic mass is 19.1. The first-order valence-corrected chi connectivity index (χ1v) is 9.17. The lowest BCUT2D eigenvalue weighted by molar-refractivity contribution is -0.0368. The Morgan fingerprint density at radius 1 is 1.40 bits per heavy atom. The molecule has 5 heteroatoms. The van der Waals surface area contributed by atoms with Crippen molar-refractivity contribution in [1.82, 2.24) is 4.90 Å². The Hall–Kier alpha value is -1.62. The van der Waals surface area contributed by atoms with E-state index in [4.69, 9.17) is 4.74 Å². The number of ether oxygens (including phenoxy) is 1. The molecule has 140 valence electrons. The number of aliphatic hydroxyl groups excluding tert-OH is 1. The van der Waals surface area contributed by atoms with Crippen LogP contribution in [0.15, 0.2) is 24.3 Å². The van der Waals surface area contributed by atoms with E-state index in [2.05, 4.69) is 6.92 Å². The van der Waals surface area contributed by atoms with Crippen LogP contribution in [0.4, 0.5) is 9.18 Å². The molecule has 1 amide bonds. The fourth-order valence-corrected chi connectivity index (χ4v) is 3.55. The third-order valence-corrected chi connectivity index (χ3v) is 4.57. The van der Waals surface area contributed by atoms with Gasteiger partial charge in [0.05, 0.1) is 12.1 Å². The Kier molecular flexibility index (Phi) is 6.44. The van der Waals surface area contributed by atoms with E-state index >= 15 is 0 Å². The molecular formula is C20H30FNO3. The third-order valence-electron chi connectivity index (χ3n) is 4.57. The van der Waals surface area contributed by atoms with Gasteiger partial charge in [0.25, 0.3) is 0 Å². The summed E-state index contributed by atoms with van der Waals surface area (Å²) in [5.74, 6) is -0.388. The van der Waals surface area contributed by atoms with Gasteiger partial charge < -0.3 is 9.84 Å². The maximum atomic E-state index is 13.6. The van der Waals surface area contributed by atoms with Gasteiger partial charge in [0.2, 0.25) is 0 Å². The van der Waals surface area contributed by atoms with Gasteiger partial charge in [-0.25, -0.2) is 9.18 Å². The van der Waals surface area contributed by atoms with Gasteiger partial charge in [-0.2, -0.15) is 0 Å². The van der Waals surface area contributed by atoms with Crippen LogP contribution in [0.25, 0.3) is 0 Å². The first-order valence-electron chi connectivity index (χ1n) is 9.17. The number of amides is 1. The Labute approximate surface area is 150 Å². The summed E-state index contributed by atoms with van der Waals surface area (Å²) in [5.41, 5.74) is -0.102. The van der Waals surface area contributed by atoms with Crippen LogP contribution >= 0.6 is 0 Å². The summed E-state index contributed by atoms with van der Waals surface area (Å²) in [6, 6.07) is 5.61. The van der Waals surface area contributed by atoms with Crippen LogP contribution in [0.5, 0.6) is 0 Å². The molecule has 0 saturated carbocycles. The summed E-state index contributed by atoms with van der Waals surface area (Å²) in [4.78, 5) is 14.5. The fraction of sp³-hybridized carbons (Fsp3) is 0.650. The highest BCUT2D eigenvalue weighted by Crippen LogP contribution is 2.34. The van der Waals surface area contributed by atoms with Crippen molar-refractivity contribution in [3.63, 3.8) is 0 Å². The average Bonchev–Trinajstić information content (AvgIpc) is 2.52. The highest BCUT2D eigenvalue weighted by molar-refractivity contribution is 5.69. The minimum atomic E-state index is -0.928. The number of aliphatic hydroxyl groups is 1. The van der Waals surface area contributed by atoms with Crippen LogP contribution in [0.2, 0.25) is 0 Å². The van der Waals surface area contributed by atoms with Crippen molar-refractivity contribution in [1.29, 1.82) is 0 Å². The van der Waals surface area contributed by atoms with Crippen molar-refractivity contribution in [2.24, 2.45) is 0 Å². The topological polar surface area (TPSA) is 49.8 Å². The average molecular weight is 351 g/mol. The summed E-state index contributed by atoms with van der Waals surface area (Å²) in [6.45, 7) is 7.59. The first kappa shape index (κ1) is 19.7. The van der Waals surface area contributed by atoms with Crippen molar-refractivity contribution >= 4 is 6.09 Å². The van der Waals surface area contributed by atoms with E-state index < -0.39 is 23.8 Å². The Bertz CT molecular complexity index is 583. The fourth-order valence-electron chi connectivity index (χ4n) is 3.55. The molecule has 1 saturated heterocycles. The number of nitrogens with zero attached hydrogens (tertiary/aromatic N) is 1. The van der Waals surface area contributed by atoms with Crippen LogP contribution in [0.1, 0.15) is 71.5 Å². The normalized spacial score (nSPS) is 22.6. The number of carbonyl (C=O) groups is 1. The molecule has 1 fully saturated rings. The van der Waals surface area contributed by atoms with Gasteiger partial charge in [-0.15, -0.1) is 0 Å². The van der Waals surface area contributed by atoms with Crippen molar-refractivity contribution in [2.75, 3.05) is 0 Å². The van der Waals surface area contributed by atoms with Crippen LogP contribution in [-0.4, -0.2) is 33.8 Å². The number of halogens is 1. The van der Waals surface area contributed by atoms with Gasteiger partial charge in [0, 0.05) is 6.04 Å². The molecule has 1 unspecified atom stereocenters. The van der Waals surface area contributed by atoms with Crippen LogP contribution < -0.4 is 0 Å². The zero-order valence-corrected chi connectivity index (χ0v) is 15.7. The molecule has 1 aliphatic rings. The monoisotopic (exact) mass is 351 g/mol. The zero-order valence-electron chi connectivity index (χ0n) is 15.7. The lowest BCUT2D eigenvalue weighted by Gasteiger charge is -2.44. The molecule has 0 spiro atoms. The van der Waals surface area contributed by atoms with Crippen molar-refractivity contribution in [3.05, 3.63) is 35.6 Å². The molecule has 2 rings (SSSR count). The van der Waals surface area contributed by atoms with Gasteiger partial charge in [-0.05, 0) is 64.2 Å². The second kappa shape index (κ2) is 8.17. The standard InChI is InChI=1S/C20H30FNO3/c1-5-8-16-11-7-12-17(22(16)19(24)25-20(2,3)4)18(23)14-9-6-10-15(21)13-14/h6,9-10,13,16-18,23H,5,7-8,11-12H2,1-4H3/t16-,17+,18?/m0/s1. The Morgan fingerprint density at radius 3 is 2.72 bits per heavy atom. The number of likely N-dealkylation sites (tertiary alicyclic amines) is 1. The molecule has 4 nitrogen and oxygen atoms in total. The van der Waals surface area contributed by atoms with Crippen LogP contribution in [-0.2, 0) is 4.74 Å². The molecule has 1 heterocycles. The Balaban J connectivity index is 2.29. The van der Waals surface area contributed by atoms with E-state index in [1.165, 1.54) is 12.1 Å². The molecular weight excluding hydrogens is 321 g/mol. The summed E-state index contributed by atoms with van der Waals surface area (Å²) in [5, 5.41) is 10.9. The smallest absolute Gasteiger partial charge is 0.410 e. The SMILES string of the molecule is CCC[C@H]1CCC[C@H](C(O)c2cccc(F)c2)N1C(=O)OC(C)(C)C. The predicted octanol–water partition coefficient (Wildman–Crippen LogP) is 4.82. The molecule has 25 heavy (non-hydrogen) atoms. The summed E-state index contributed by atoms with van der Waals surface area (Å²) < 4.78 is 19.1. The quantitative estimate of drug-likeness (QED) is 0.846. The maximum Gasteiger partial charge on any atom is 0.410 e. The number of rotatable bonds is 4. The van der Waals surface area contributed by atoms with Crippen LogP contribution in [0.3, 0.4) is 0 Å². The number of benzene rings is 1. The maximum absolute atomic E-state index is 13.6. The lowest BCUT2D eigenvalue weighted by atomic mass is 9.88. The Morgan fingerprint density at radius 2 is 2.12 bits per heavy atom. The first-order chi connectivity index (χ1) is 11.7. The second-order valence-electron chi connectivity index (χ2n) is 7.83. The molecule has 0 aromatic heterocycles. The van der Waals surface area contributed by atoms with E-state index in [0.29, 0.717) is 12.0 Å². The van der Waals surface area contributed by atoms with Gasteiger partial charge in [-0.3, -0.25) is 4.90 Å². The minimum Gasteiger partial charge on any atom is -0.444 e.